The van der Waals surface area contributed by atoms with Crippen LogP contribution in [0.5, 0.6) is 0 Å². The minimum absolute atomic E-state index is 0.0465. The van der Waals surface area contributed by atoms with E-state index in [-0.39, 0.29) is 29.7 Å². The maximum absolute atomic E-state index is 2.77. The van der Waals surface area contributed by atoms with E-state index < -0.39 is 5.41 Å². The van der Waals surface area contributed by atoms with Crippen molar-refractivity contribution >= 4 is 254 Å². The van der Waals surface area contributed by atoms with Crippen molar-refractivity contribution < 1.29 is 0 Å². The van der Waals surface area contributed by atoms with Crippen LogP contribution in [0.4, 0.5) is 34.1 Å². The fourth-order valence-electron chi connectivity index (χ4n) is 26.7. The van der Waals surface area contributed by atoms with Crippen LogP contribution >= 0.6 is 0 Å². The molecule has 0 bridgehead atoms. The van der Waals surface area contributed by atoms with Gasteiger partial charge in [-0.25, -0.2) is 0 Å². The first-order valence-corrected chi connectivity index (χ1v) is 50.1. The minimum atomic E-state index is -0.420. The normalized spacial score (nSPS) is 13.4. The lowest BCUT2D eigenvalue weighted by Gasteiger charge is -2.37. The van der Waals surface area contributed by atoms with Crippen molar-refractivity contribution in [2.45, 2.75) is 104 Å². The number of benzene rings is 22. The summed E-state index contributed by atoms with van der Waals surface area (Å²) in [4.78, 5) is 5.11. The van der Waals surface area contributed by atoms with E-state index in [1.54, 1.807) is 0 Å². The quantitative estimate of drug-likeness (QED) is 0.106. The largest absolute Gasteiger partial charge is 0.310 e. The van der Waals surface area contributed by atoms with Gasteiger partial charge < -0.3 is 28.1 Å². The fourth-order valence-corrected chi connectivity index (χ4v) is 26.7. The zero-order valence-electron chi connectivity index (χ0n) is 80.4. The third-order valence-electron chi connectivity index (χ3n) is 32.9. The van der Waals surface area contributed by atoms with Crippen LogP contribution in [0.3, 0.4) is 0 Å². The molecule has 8 heteroatoms. The molecule has 140 heavy (non-hydrogen) atoms. The van der Waals surface area contributed by atoms with E-state index in [1.807, 2.05) is 0 Å². The Labute approximate surface area is 813 Å². The predicted molar refractivity (Wildman–Crippen MR) is 602 cm³/mol. The summed E-state index contributed by atoms with van der Waals surface area (Å²) in [5.74, 6) is 0. The summed E-state index contributed by atoms with van der Waals surface area (Å²) in [6, 6.07) is 149. The second kappa shape index (κ2) is 28.1. The molecule has 4 aliphatic heterocycles. The number of anilines is 6. The van der Waals surface area contributed by atoms with Gasteiger partial charge in [0.15, 0.2) is 0 Å². The van der Waals surface area contributed by atoms with E-state index in [1.165, 1.54) is 257 Å². The molecule has 0 radical (unpaired) electrons. The SMILES string of the molecule is CC(C)(C)c1ccc(N(c2ccc(C(C)(C)C)cc2)c2cc3c4c(c2)-n2c5c(cc(C(C)(C)Cc6ccc(N(c7ccccc7)c7cc8c9c(c7)-n7c%10c(cc(C(C)(C)C)cc%10c%10c%11ccccc%11c%11ccccc%11c%107)B9c7cccc9c%10c%11ccccc%11c%11ccccc%11c%10n-8c79)cc6)cc5c5c6ccccc6c6ccccc6c52)B4c2cccc4c5c6ccccc6c6ccccc6c5n-3c24)cc1. The second-order valence-electron chi connectivity index (χ2n) is 44.2. The van der Waals surface area contributed by atoms with Crippen LogP contribution in [0.25, 0.3) is 196 Å². The lowest BCUT2D eigenvalue weighted by atomic mass is 9.34. The van der Waals surface area contributed by atoms with Gasteiger partial charge in [0.05, 0.1) is 33.4 Å². The highest BCUT2D eigenvalue weighted by Gasteiger charge is 2.47. The van der Waals surface area contributed by atoms with E-state index in [9.17, 15) is 0 Å². The van der Waals surface area contributed by atoms with Gasteiger partial charge in [-0.05, 0) is 238 Å². The van der Waals surface area contributed by atoms with Gasteiger partial charge in [0.2, 0.25) is 0 Å². The van der Waals surface area contributed by atoms with Crippen LogP contribution < -0.4 is 42.6 Å². The van der Waals surface area contributed by atoms with Crippen LogP contribution in [0, 0.1) is 0 Å². The van der Waals surface area contributed by atoms with E-state index in [2.05, 4.69) is 486 Å². The molecule has 30 rings (SSSR count). The van der Waals surface area contributed by atoms with Crippen molar-refractivity contribution in [2.75, 3.05) is 9.80 Å². The van der Waals surface area contributed by atoms with Gasteiger partial charge in [-0.3, -0.25) is 0 Å². The highest BCUT2D eigenvalue weighted by atomic mass is 15.2. The van der Waals surface area contributed by atoms with Crippen molar-refractivity contribution in [3.05, 3.63) is 410 Å². The van der Waals surface area contributed by atoms with Crippen LogP contribution in [-0.2, 0) is 28.1 Å². The second-order valence-corrected chi connectivity index (χ2v) is 44.2. The lowest BCUT2D eigenvalue weighted by molar-refractivity contribution is 0.523. The monoisotopic (exact) mass is 1790 g/mol. The molecule has 0 N–H and O–H groups in total. The van der Waals surface area contributed by atoms with Crippen molar-refractivity contribution in [2.24, 2.45) is 0 Å². The summed E-state index contributed by atoms with van der Waals surface area (Å²) in [5.41, 5.74) is 35.3. The summed E-state index contributed by atoms with van der Waals surface area (Å²) in [6.07, 6.45) is 0.772. The molecule has 0 spiro atoms. The third-order valence-corrected chi connectivity index (χ3v) is 32.9. The standard InChI is InChI=1S/C132H98B2N6/c1-129(2,3)77-57-63-83(64-58-77)136(84-65-59-78(60-66-84)130(4,5)6)86-73-112-120-114(74-86)140-124-106(118-98-46-26-18-38-90(98)94-42-22-30-50-102(94)128(118)140)68-80(70-110(124)134(120)108-54-32-52-104-116-96-44-24-16-36-88(96)92-40-20-28-48-100(92)126(116)138(112)122(104)108)132(10,11)75-76-55-61-82(62-56-76)135(81-33-13-12-14-34-81)85-71-111-119-113(72-85)139-123-105(117-97-45-25-17-37-89(97)93-41-21-29-49-101(93)127(117)139)67-79(131(7,8)9)69-109(123)133(119)107-53-31-51-103-115-95-43-23-15-35-87(95)91-39-19-27-47-99(91)125(115)137(111)121(103)107/h12-74H,75H2,1-11H3. The molecule has 0 saturated heterocycles. The van der Waals surface area contributed by atoms with Gasteiger partial charge in [0.1, 0.15) is 0 Å². The summed E-state index contributed by atoms with van der Waals surface area (Å²) in [5, 5.41) is 30.4. The van der Waals surface area contributed by atoms with E-state index in [4.69, 9.17) is 0 Å². The molecule has 26 aromatic rings. The molecule has 0 aliphatic carbocycles. The Morgan fingerprint density at radius 3 is 0.779 bits per heavy atom. The maximum atomic E-state index is 2.77. The van der Waals surface area contributed by atoms with Gasteiger partial charge >= 0.3 is 0 Å². The van der Waals surface area contributed by atoms with Gasteiger partial charge in [0, 0.05) is 132 Å². The first-order chi connectivity index (χ1) is 68.2. The highest BCUT2D eigenvalue weighted by molar-refractivity contribution is 7.01. The molecule has 0 atom stereocenters. The molecule has 6 nitrogen and oxygen atoms in total. The molecular weight excluding hydrogens is 1690 g/mol. The predicted octanol–water partition coefficient (Wildman–Crippen LogP) is 30.9. The first kappa shape index (κ1) is 80.0. The Morgan fingerprint density at radius 1 is 0.193 bits per heavy atom. The van der Waals surface area contributed by atoms with Gasteiger partial charge in [-0.2, -0.15) is 0 Å². The average molecular weight is 1790 g/mol. The van der Waals surface area contributed by atoms with Crippen molar-refractivity contribution in [3.8, 4) is 22.7 Å². The van der Waals surface area contributed by atoms with Crippen molar-refractivity contribution in [3.63, 3.8) is 0 Å². The van der Waals surface area contributed by atoms with Crippen LogP contribution in [0.1, 0.15) is 104 Å². The Bertz CT molecular complexity index is 10000. The number of aromatic nitrogens is 4. The number of fused-ring (bicyclic) bond motifs is 40. The molecule has 0 amide bonds. The van der Waals surface area contributed by atoms with Crippen LogP contribution in [0.2, 0.25) is 0 Å². The molecule has 4 aliphatic rings. The summed E-state index contributed by atoms with van der Waals surface area (Å²) >= 11 is 0. The molecule has 22 aromatic carbocycles. The van der Waals surface area contributed by atoms with Crippen molar-refractivity contribution in [1.82, 2.24) is 18.3 Å². The number of hydrogen-bond acceptors (Lipinski definition) is 2. The van der Waals surface area contributed by atoms with E-state index in [0.717, 1.165) is 40.5 Å². The maximum Gasteiger partial charge on any atom is 0.252 e. The lowest BCUT2D eigenvalue weighted by Crippen LogP contribution is -2.59. The van der Waals surface area contributed by atoms with E-state index in [0.29, 0.717) is 0 Å². The molecule has 0 fully saturated rings. The molecule has 0 saturated carbocycles. The zero-order valence-corrected chi connectivity index (χ0v) is 80.4. The van der Waals surface area contributed by atoms with Gasteiger partial charge in [-0.15, -0.1) is 0 Å². The third kappa shape index (κ3) is 10.8. The molecule has 662 valence electrons. The summed E-state index contributed by atoms with van der Waals surface area (Å²) < 4.78 is 11.0. The van der Waals surface area contributed by atoms with Gasteiger partial charge in [-0.1, -0.05) is 373 Å². The number of nitrogens with zero attached hydrogens (tertiary/aromatic N) is 6. The molecule has 4 aromatic heterocycles. The number of para-hydroxylation sites is 3. The molecule has 0 unspecified atom stereocenters. The number of hydrogen-bond donors (Lipinski definition) is 0. The topological polar surface area (TPSA) is 26.2 Å². The summed E-state index contributed by atoms with van der Waals surface area (Å²) in [7, 11) is 0. The Kier molecular flexibility index (Phi) is 16.0. The van der Waals surface area contributed by atoms with E-state index >= 15 is 0 Å². The van der Waals surface area contributed by atoms with Crippen molar-refractivity contribution in [1.29, 1.82) is 0 Å². The number of rotatable bonds is 9. The van der Waals surface area contributed by atoms with Crippen LogP contribution in [-0.4, -0.2) is 31.7 Å². The smallest absolute Gasteiger partial charge is 0.252 e. The fraction of sp³-hybridized carbons (Fsp3) is 0.121. The highest BCUT2D eigenvalue weighted by Crippen LogP contribution is 2.55. The summed E-state index contributed by atoms with van der Waals surface area (Å²) in [6.45, 7) is 25.9. The molecular formula is C132H98B2N6. The van der Waals surface area contributed by atoms with Crippen LogP contribution in [0.15, 0.2) is 382 Å². The Balaban J connectivity index is 0.648. The molecule has 8 heterocycles. The average Bonchev–Trinajstić information content (AvgIpc) is 1.50. The minimum Gasteiger partial charge on any atom is -0.310 e. The Morgan fingerprint density at radius 2 is 0.450 bits per heavy atom. The van der Waals surface area contributed by atoms with Gasteiger partial charge in [0.25, 0.3) is 13.4 Å². The zero-order chi connectivity index (χ0) is 93.5. The first-order valence-electron chi connectivity index (χ1n) is 50.1. The Hall–Kier alpha value is -16.2.